The third-order valence-electron chi connectivity index (χ3n) is 3.90. The summed E-state index contributed by atoms with van der Waals surface area (Å²) in [6.07, 6.45) is 7.72. The predicted octanol–water partition coefficient (Wildman–Crippen LogP) is 3.69. The Labute approximate surface area is 132 Å². The number of hydrogen-bond donors (Lipinski definition) is 1. The monoisotopic (exact) mass is 307 g/mol. The van der Waals surface area contributed by atoms with Gasteiger partial charge in [0.05, 0.1) is 6.61 Å². The van der Waals surface area contributed by atoms with E-state index in [9.17, 15) is 0 Å². The molecule has 1 aliphatic carbocycles. The van der Waals surface area contributed by atoms with Gasteiger partial charge < -0.3 is 15.2 Å². The van der Waals surface area contributed by atoms with Gasteiger partial charge in [0.15, 0.2) is 0 Å². The number of thiocarbonyl (C=S) groups is 1. The van der Waals surface area contributed by atoms with E-state index in [2.05, 4.69) is 0 Å². The van der Waals surface area contributed by atoms with Gasteiger partial charge in [0.25, 0.3) is 0 Å². The summed E-state index contributed by atoms with van der Waals surface area (Å²) in [5, 5.41) is 0. The van der Waals surface area contributed by atoms with Gasteiger partial charge in [-0.1, -0.05) is 43.6 Å². The van der Waals surface area contributed by atoms with Crippen LogP contribution in [-0.4, -0.2) is 24.8 Å². The molecule has 21 heavy (non-hydrogen) atoms. The second-order valence-electron chi connectivity index (χ2n) is 5.67. The summed E-state index contributed by atoms with van der Waals surface area (Å²) in [4.78, 5) is 0.399. The fourth-order valence-corrected chi connectivity index (χ4v) is 2.82. The molecule has 0 unspecified atom stereocenters. The molecule has 0 amide bonds. The normalized spacial score (nSPS) is 15.8. The first-order valence-corrected chi connectivity index (χ1v) is 8.27. The van der Waals surface area contributed by atoms with E-state index in [1.165, 1.54) is 32.1 Å². The van der Waals surface area contributed by atoms with Crippen LogP contribution in [0, 0.1) is 5.92 Å². The van der Waals surface area contributed by atoms with Gasteiger partial charge >= 0.3 is 0 Å². The van der Waals surface area contributed by atoms with Crippen molar-refractivity contribution in [1.29, 1.82) is 0 Å². The molecular weight excluding hydrogens is 282 g/mol. The molecule has 0 bridgehead atoms. The third kappa shape index (κ3) is 6.02. The molecule has 0 aromatic heterocycles. The molecule has 1 aromatic rings. The van der Waals surface area contributed by atoms with Gasteiger partial charge in [0.2, 0.25) is 0 Å². The van der Waals surface area contributed by atoms with Crippen LogP contribution in [0.4, 0.5) is 0 Å². The van der Waals surface area contributed by atoms with Gasteiger partial charge in [-0.05, 0) is 30.9 Å². The summed E-state index contributed by atoms with van der Waals surface area (Å²) in [5.74, 6) is 1.59. The maximum Gasteiger partial charge on any atom is 0.119 e. The largest absolute Gasteiger partial charge is 0.493 e. The smallest absolute Gasteiger partial charge is 0.119 e. The van der Waals surface area contributed by atoms with Crippen LogP contribution in [0.5, 0.6) is 5.75 Å². The van der Waals surface area contributed by atoms with Gasteiger partial charge in [-0.3, -0.25) is 0 Å². The lowest BCUT2D eigenvalue weighted by atomic mass is 9.90. The Balaban J connectivity index is 1.57. The van der Waals surface area contributed by atoms with E-state index in [4.69, 9.17) is 27.4 Å². The lowest BCUT2D eigenvalue weighted by Crippen LogP contribution is -2.14. The molecule has 1 fully saturated rings. The Morgan fingerprint density at radius 3 is 2.76 bits per heavy atom. The van der Waals surface area contributed by atoms with E-state index < -0.39 is 0 Å². The third-order valence-corrected chi connectivity index (χ3v) is 4.13. The molecule has 0 radical (unpaired) electrons. The van der Waals surface area contributed by atoms with Crippen LogP contribution in [0.25, 0.3) is 0 Å². The molecule has 2 N–H and O–H groups in total. The van der Waals surface area contributed by atoms with Crippen LogP contribution in [0.1, 0.15) is 44.1 Å². The average Bonchev–Trinajstić information content (AvgIpc) is 2.52. The van der Waals surface area contributed by atoms with Crippen LogP contribution in [0.15, 0.2) is 24.3 Å². The lowest BCUT2D eigenvalue weighted by molar-refractivity contribution is 0.0766. The minimum absolute atomic E-state index is 0.399. The molecule has 2 rings (SSSR count). The van der Waals surface area contributed by atoms with Crippen LogP contribution in [0.2, 0.25) is 0 Å². The molecule has 1 aromatic carbocycles. The van der Waals surface area contributed by atoms with Crippen LogP contribution >= 0.6 is 12.2 Å². The standard InChI is InChI=1S/C17H25NO2S/c18-17(21)15-8-4-9-16(12-15)20-11-5-10-19-13-14-6-2-1-3-7-14/h4,8-9,12,14H,1-3,5-7,10-11,13H2,(H2,18,21). The van der Waals surface area contributed by atoms with Crippen molar-refractivity contribution in [2.45, 2.75) is 38.5 Å². The highest BCUT2D eigenvalue weighted by Crippen LogP contribution is 2.23. The van der Waals surface area contributed by atoms with E-state index in [1.54, 1.807) is 0 Å². The summed E-state index contributed by atoms with van der Waals surface area (Å²) in [6, 6.07) is 7.60. The molecule has 0 spiro atoms. The Kier molecular flexibility index (Phi) is 6.96. The van der Waals surface area contributed by atoms with E-state index in [0.29, 0.717) is 11.6 Å². The Morgan fingerprint density at radius 2 is 2.00 bits per heavy atom. The van der Waals surface area contributed by atoms with E-state index in [1.807, 2.05) is 24.3 Å². The van der Waals surface area contributed by atoms with Crippen LogP contribution < -0.4 is 10.5 Å². The van der Waals surface area contributed by atoms with Crippen molar-refractivity contribution in [3.63, 3.8) is 0 Å². The van der Waals surface area contributed by atoms with Gasteiger partial charge in [-0.15, -0.1) is 0 Å². The van der Waals surface area contributed by atoms with Crippen molar-refractivity contribution in [2.24, 2.45) is 11.7 Å². The zero-order valence-electron chi connectivity index (χ0n) is 12.6. The molecule has 4 heteroatoms. The zero-order valence-corrected chi connectivity index (χ0v) is 13.4. The van der Waals surface area contributed by atoms with Crippen molar-refractivity contribution in [3.8, 4) is 5.75 Å². The number of nitrogens with two attached hydrogens (primary N) is 1. The average molecular weight is 307 g/mol. The SMILES string of the molecule is NC(=S)c1cccc(OCCCOCC2CCCCC2)c1. The first-order chi connectivity index (χ1) is 10.3. The second-order valence-corrected chi connectivity index (χ2v) is 6.11. The summed E-state index contributed by atoms with van der Waals surface area (Å²) >= 11 is 4.96. The summed E-state index contributed by atoms with van der Waals surface area (Å²) in [6.45, 7) is 2.34. The maximum absolute atomic E-state index is 5.75. The quantitative estimate of drug-likeness (QED) is 0.588. The predicted molar refractivity (Wildman–Crippen MR) is 89.8 cm³/mol. The minimum Gasteiger partial charge on any atom is -0.493 e. The van der Waals surface area contributed by atoms with Crippen molar-refractivity contribution in [1.82, 2.24) is 0 Å². The highest BCUT2D eigenvalue weighted by atomic mass is 32.1. The Bertz CT molecular complexity index is 444. The fourth-order valence-electron chi connectivity index (χ4n) is 2.69. The molecule has 0 atom stereocenters. The zero-order chi connectivity index (χ0) is 14.9. The maximum atomic E-state index is 5.75. The number of benzene rings is 1. The molecular formula is C17H25NO2S. The van der Waals surface area contributed by atoms with Gasteiger partial charge in [-0.2, -0.15) is 0 Å². The van der Waals surface area contributed by atoms with Crippen LogP contribution in [0.3, 0.4) is 0 Å². The van der Waals surface area contributed by atoms with Crippen molar-refractivity contribution in [3.05, 3.63) is 29.8 Å². The molecule has 0 saturated heterocycles. The molecule has 0 aliphatic heterocycles. The summed E-state index contributed by atoms with van der Waals surface area (Å²) in [5.41, 5.74) is 6.45. The first-order valence-electron chi connectivity index (χ1n) is 7.86. The number of ether oxygens (including phenoxy) is 2. The molecule has 3 nitrogen and oxygen atoms in total. The highest BCUT2D eigenvalue weighted by molar-refractivity contribution is 7.80. The van der Waals surface area contributed by atoms with E-state index >= 15 is 0 Å². The van der Waals surface area contributed by atoms with E-state index in [-0.39, 0.29) is 0 Å². The summed E-state index contributed by atoms with van der Waals surface area (Å²) in [7, 11) is 0. The second kappa shape index (κ2) is 9.00. The first kappa shape index (κ1) is 16.2. The number of rotatable bonds is 8. The fraction of sp³-hybridized carbons (Fsp3) is 0.588. The van der Waals surface area contributed by atoms with Crippen molar-refractivity contribution >= 4 is 17.2 Å². The van der Waals surface area contributed by atoms with Crippen molar-refractivity contribution in [2.75, 3.05) is 19.8 Å². The van der Waals surface area contributed by atoms with Gasteiger partial charge in [0, 0.05) is 25.2 Å². The lowest BCUT2D eigenvalue weighted by Gasteiger charge is -2.21. The highest BCUT2D eigenvalue weighted by Gasteiger charge is 2.12. The molecule has 0 heterocycles. The Hall–Kier alpha value is -1.13. The Morgan fingerprint density at radius 1 is 1.19 bits per heavy atom. The van der Waals surface area contributed by atoms with Gasteiger partial charge in [-0.25, -0.2) is 0 Å². The molecule has 1 saturated carbocycles. The van der Waals surface area contributed by atoms with Gasteiger partial charge in [0.1, 0.15) is 10.7 Å². The molecule has 1 aliphatic rings. The van der Waals surface area contributed by atoms with E-state index in [0.717, 1.165) is 36.9 Å². The van der Waals surface area contributed by atoms with Crippen molar-refractivity contribution < 1.29 is 9.47 Å². The summed E-state index contributed by atoms with van der Waals surface area (Å²) < 4.78 is 11.4. The molecule has 116 valence electrons. The minimum atomic E-state index is 0.399. The van der Waals surface area contributed by atoms with Crippen LogP contribution in [-0.2, 0) is 4.74 Å². The number of hydrogen-bond acceptors (Lipinski definition) is 3. The topological polar surface area (TPSA) is 44.5 Å².